The van der Waals surface area contributed by atoms with Gasteiger partial charge in [0.2, 0.25) is 0 Å². The minimum atomic E-state index is -2.65. The molecule has 21 heavy (non-hydrogen) atoms. The summed E-state index contributed by atoms with van der Waals surface area (Å²) in [6.07, 6.45) is 0. The van der Waals surface area contributed by atoms with E-state index in [1.165, 1.54) is 0 Å². The molecule has 0 amide bonds. The zero-order valence-electron chi connectivity index (χ0n) is 12.1. The Bertz CT molecular complexity index is 516. The van der Waals surface area contributed by atoms with Crippen LogP contribution in [0.3, 0.4) is 0 Å². The molecule has 0 aliphatic carbocycles. The van der Waals surface area contributed by atoms with E-state index in [1.54, 1.807) is 14.2 Å². The van der Waals surface area contributed by atoms with Crippen LogP contribution in [-0.4, -0.2) is 22.8 Å². The Kier molecular flexibility index (Phi) is 5.85. The third-order valence-electron chi connectivity index (χ3n) is 3.55. The topological polar surface area (TPSA) is 18.5 Å². The number of halogens is 2. The Morgan fingerprint density at radius 2 is 1.05 bits per heavy atom. The lowest BCUT2D eigenvalue weighted by molar-refractivity contribution is 0.272. The van der Waals surface area contributed by atoms with Crippen molar-refractivity contribution in [3.05, 3.63) is 59.7 Å². The van der Waals surface area contributed by atoms with Gasteiger partial charge in [0, 0.05) is 26.0 Å². The fraction of sp³-hybridized carbons (Fsp3) is 0.250. The first-order valence-corrected chi connectivity index (χ1v) is 9.49. The van der Waals surface area contributed by atoms with Crippen molar-refractivity contribution in [3.8, 4) is 0 Å². The Balaban J connectivity index is 2.46. The molecule has 0 heterocycles. The molecule has 0 unspecified atom stereocenters. The van der Waals surface area contributed by atoms with Crippen molar-refractivity contribution in [2.24, 2.45) is 0 Å². The van der Waals surface area contributed by atoms with Crippen LogP contribution < -0.4 is 10.4 Å². The Labute approximate surface area is 136 Å². The summed E-state index contributed by atoms with van der Waals surface area (Å²) in [5.74, 6) is 0.998. The van der Waals surface area contributed by atoms with Gasteiger partial charge in [0.25, 0.3) is 0 Å². The molecule has 0 aliphatic rings. The molecule has 0 atom stereocenters. The Hall–Kier alpha value is -0.843. The summed E-state index contributed by atoms with van der Waals surface area (Å²) in [5.41, 5.74) is 2.15. The van der Waals surface area contributed by atoms with Gasteiger partial charge >= 0.3 is 8.56 Å². The lowest BCUT2D eigenvalue weighted by atomic mass is 10.2. The van der Waals surface area contributed by atoms with Gasteiger partial charge < -0.3 is 8.85 Å². The highest BCUT2D eigenvalue weighted by Gasteiger charge is 2.40. The van der Waals surface area contributed by atoms with E-state index in [4.69, 9.17) is 32.1 Å². The van der Waals surface area contributed by atoms with Crippen molar-refractivity contribution >= 4 is 42.1 Å². The highest BCUT2D eigenvalue weighted by atomic mass is 35.5. The summed E-state index contributed by atoms with van der Waals surface area (Å²) in [6, 6.07) is 16.2. The zero-order chi connectivity index (χ0) is 15.3. The maximum absolute atomic E-state index is 5.86. The van der Waals surface area contributed by atoms with Crippen LogP contribution in [0, 0.1) is 0 Å². The zero-order valence-corrected chi connectivity index (χ0v) is 14.6. The van der Waals surface area contributed by atoms with Gasteiger partial charge in [0.1, 0.15) is 0 Å². The first-order valence-electron chi connectivity index (χ1n) is 6.61. The summed E-state index contributed by atoms with van der Waals surface area (Å²) in [7, 11) is 0.737. The van der Waals surface area contributed by atoms with Crippen LogP contribution in [0.5, 0.6) is 0 Å². The van der Waals surface area contributed by atoms with Gasteiger partial charge in [-0.05, 0) is 21.5 Å². The summed E-state index contributed by atoms with van der Waals surface area (Å²) >= 11 is 11.7. The van der Waals surface area contributed by atoms with E-state index in [-0.39, 0.29) is 0 Å². The Morgan fingerprint density at radius 1 is 0.714 bits per heavy atom. The number of rotatable bonds is 6. The van der Waals surface area contributed by atoms with Crippen LogP contribution in [-0.2, 0) is 20.6 Å². The predicted molar refractivity (Wildman–Crippen MR) is 91.0 cm³/mol. The van der Waals surface area contributed by atoms with E-state index in [2.05, 4.69) is 0 Å². The molecule has 0 N–H and O–H groups in total. The van der Waals surface area contributed by atoms with Crippen molar-refractivity contribution in [1.82, 2.24) is 0 Å². The molecule has 0 fully saturated rings. The molecule has 0 aromatic heterocycles. The van der Waals surface area contributed by atoms with Crippen molar-refractivity contribution in [2.75, 3.05) is 14.2 Å². The van der Waals surface area contributed by atoms with E-state index >= 15 is 0 Å². The van der Waals surface area contributed by atoms with Crippen LogP contribution in [0.1, 0.15) is 11.1 Å². The van der Waals surface area contributed by atoms with Crippen molar-refractivity contribution in [2.45, 2.75) is 11.8 Å². The molecule has 2 aromatic rings. The number of alkyl halides is 2. The van der Waals surface area contributed by atoms with Crippen LogP contribution in [0.25, 0.3) is 0 Å². The van der Waals surface area contributed by atoms with Crippen LogP contribution in [0.4, 0.5) is 0 Å². The molecule has 0 radical (unpaired) electrons. The number of hydrogen-bond donors (Lipinski definition) is 0. The molecule has 0 aliphatic heterocycles. The predicted octanol–water partition coefficient (Wildman–Crippen LogP) is 3.01. The molecule has 0 bridgehead atoms. The van der Waals surface area contributed by atoms with Crippen molar-refractivity contribution in [3.63, 3.8) is 0 Å². The standard InChI is InChI=1S/C16H18Cl2O2Si/c1-19-21(20-2,15-7-3-13(11-17)4-8-15)16-9-5-14(12-18)6-10-16/h3-10H,11-12H2,1-2H3. The summed E-state index contributed by atoms with van der Waals surface area (Å²) in [6.45, 7) is 0. The van der Waals surface area contributed by atoms with Crippen molar-refractivity contribution in [1.29, 1.82) is 0 Å². The van der Waals surface area contributed by atoms with Crippen molar-refractivity contribution < 1.29 is 8.85 Å². The second-order valence-electron chi connectivity index (χ2n) is 4.69. The molecular weight excluding hydrogens is 323 g/mol. The monoisotopic (exact) mass is 340 g/mol. The smallest absolute Gasteiger partial charge is 0.391 e. The maximum atomic E-state index is 5.86. The van der Waals surface area contributed by atoms with Gasteiger partial charge in [-0.2, -0.15) is 0 Å². The SMILES string of the molecule is CO[Si](OC)(c1ccc(CCl)cc1)c1ccc(CCl)cc1. The van der Waals surface area contributed by atoms with Crippen LogP contribution in [0.15, 0.2) is 48.5 Å². The number of hydrogen-bond acceptors (Lipinski definition) is 2. The highest BCUT2D eigenvalue weighted by molar-refractivity contribution is 6.92. The Morgan fingerprint density at radius 3 is 1.29 bits per heavy atom. The van der Waals surface area contributed by atoms with Crippen LogP contribution >= 0.6 is 23.2 Å². The second-order valence-corrected chi connectivity index (χ2v) is 8.42. The fourth-order valence-corrected chi connectivity index (χ4v) is 5.36. The summed E-state index contributed by atoms with van der Waals surface area (Å²) in [4.78, 5) is 0. The first kappa shape index (κ1) is 16.5. The maximum Gasteiger partial charge on any atom is 0.406 e. The lowest BCUT2D eigenvalue weighted by Gasteiger charge is -2.28. The highest BCUT2D eigenvalue weighted by Crippen LogP contribution is 2.11. The quantitative estimate of drug-likeness (QED) is 0.594. The third-order valence-corrected chi connectivity index (χ3v) is 7.51. The molecule has 0 saturated carbocycles. The van der Waals surface area contributed by atoms with Gasteiger partial charge in [-0.25, -0.2) is 0 Å². The minimum absolute atomic E-state index is 0.499. The van der Waals surface area contributed by atoms with Gasteiger partial charge in [-0.15, -0.1) is 23.2 Å². The third kappa shape index (κ3) is 3.33. The minimum Gasteiger partial charge on any atom is -0.391 e. The summed E-state index contributed by atoms with van der Waals surface area (Å²) in [5, 5.41) is 2.11. The molecule has 2 aromatic carbocycles. The summed E-state index contributed by atoms with van der Waals surface area (Å²) < 4.78 is 11.7. The largest absolute Gasteiger partial charge is 0.406 e. The molecule has 112 valence electrons. The van der Waals surface area contributed by atoms with E-state index in [9.17, 15) is 0 Å². The normalized spacial score (nSPS) is 11.6. The van der Waals surface area contributed by atoms with E-state index in [0.29, 0.717) is 11.8 Å². The lowest BCUT2D eigenvalue weighted by Crippen LogP contribution is -2.62. The second kappa shape index (κ2) is 7.43. The van der Waals surface area contributed by atoms with Gasteiger partial charge in [-0.1, -0.05) is 48.5 Å². The van der Waals surface area contributed by atoms with Gasteiger partial charge in [0.15, 0.2) is 0 Å². The molecule has 0 spiro atoms. The molecule has 2 nitrogen and oxygen atoms in total. The van der Waals surface area contributed by atoms with Crippen LogP contribution in [0.2, 0.25) is 0 Å². The molecular formula is C16H18Cl2O2Si. The first-order chi connectivity index (χ1) is 10.2. The molecule has 0 saturated heterocycles. The molecule has 5 heteroatoms. The van der Waals surface area contributed by atoms with E-state index in [1.807, 2.05) is 48.5 Å². The fourth-order valence-electron chi connectivity index (χ4n) is 2.35. The average molecular weight is 341 g/mol. The van der Waals surface area contributed by atoms with Gasteiger partial charge in [0.05, 0.1) is 0 Å². The van der Waals surface area contributed by atoms with E-state index < -0.39 is 8.56 Å². The van der Waals surface area contributed by atoms with E-state index in [0.717, 1.165) is 21.5 Å². The average Bonchev–Trinajstić information content (AvgIpc) is 2.57. The molecule has 2 rings (SSSR count). The van der Waals surface area contributed by atoms with Gasteiger partial charge in [-0.3, -0.25) is 0 Å². The number of benzene rings is 2.